The van der Waals surface area contributed by atoms with Gasteiger partial charge in [-0.1, -0.05) is 60.3 Å². The minimum absolute atomic E-state index is 0.247. The zero-order valence-electron chi connectivity index (χ0n) is 18.8. The van der Waals surface area contributed by atoms with Crippen molar-refractivity contribution in [2.24, 2.45) is 0 Å². The molecule has 0 radical (unpaired) electrons. The largest absolute Gasteiger partial charge is 0.454 e. The fourth-order valence-corrected chi connectivity index (χ4v) is 5.03. The van der Waals surface area contributed by atoms with Gasteiger partial charge in [0.05, 0.1) is 12.1 Å². The second-order valence-corrected chi connectivity index (χ2v) is 9.20. The number of hydrogen-bond donors (Lipinski definition) is 0. The number of rotatable bonds is 8. The van der Waals surface area contributed by atoms with Crippen LogP contribution in [0.25, 0.3) is 22.5 Å². The molecule has 8 nitrogen and oxygen atoms in total. The molecule has 0 N–H and O–H groups in total. The summed E-state index contributed by atoms with van der Waals surface area (Å²) in [6.45, 7) is 1.42. The highest BCUT2D eigenvalue weighted by molar-refractivity contribution is 7.99. The van der Waals surface area contributed by atoms with E-state index >= 15 is 0 Å². The van der Waals surface area contributed by atoms with Crippen molar-refractivity contribution in [3.8, 4) is 22.9 Å². The highest BCUT2D eigenvalue weighted by Crippen LogP contribution is 2.34. The second kappa shape index (κ2) is 9.34. The van der Waals surface area contributed by atoms with E-state index in [1.165, 1.54) is 0 Å². The van der Waals surface area contributed by atoms with Crippen LogP contribution in [0.4, 0.5) is 0 Å². The molecule has 9 heteroatoms. The first kappa shape index (κ1) is 21.5. The molecular weight excluding hydrogens is 464 g/mol. The van der Waals surface area contributed by atoms with Crippen LogP contribution in [0, 0.1) is 0 Å². The quantitative estimate of drug-likeness (QED) is 0.230. The third-order valence-electron chi connectivity index (χ3n) is 5.86. The lowest BCUT2D eigenvalue weighted by atomic mass is 10.2. The van der Waals surface area contributed by atoms with Crippen LogP contribution in [0.3, 0.4) is 0 Å². The first-order chi connectivity index (χ1) is 17.3. The fourth-order valence-electron chi connectivity index (χ4n) is 4.17. The monoisotopic (exact) mass is 486 g/mol. The maximum atomic E-state index is 12.2. The van der Waals surface area contributed by atoms with Crippen LogP contribution in [-0.2, 0) is 13.1 Å². The van der Waals surface area contributed by atoms with E-state index in [0.717, 1.165) is 51.3 Å². The number of nitrogens with zero attached hydrogens (tertiary/aromatic N) is 4. The molecule has 35 heavy (non-hydrogen) atoms. The van der Waals surface area contributed by atoms with E-state index in [0.29, 0.717) is 18.7 Å². The Labute approximate surface area is 205 Å². The summed E-state index contributed by atoms with van der Waals surface area (Å²) in [4.78, 5) is 12.2. The second-order valence-electron chi connectivity index (χ2n) is 8.14. The summed E-state index contributed by atoms with van der Waals surface area (Å²) in [6.07, 6.45) is 0.783. The van der Waals surface area contributed by atoms with Crippen molar-refractivity contribution in [1.82, 2.24) is 19.3 Å². The Balaban J connectivity index is 1.22. The Morgan fingerprint density at radius 1 is 0.886 bits per heavy atom. The molecule has 0 atom stereocenters. The molecule has 1 aliphatic heterocycles. The number of para-hydroxylation sites is 2. The predicted molar refractivity (Wildman–Crippen MR) is 133 cm³/mol. The molecule has 0 fully saturated rings. The van der Waals surface area contributed by atoms with Crippen molar-refractivity contribution in [3.05, 3.63) is 88.9 Å². The lowest BCUT2D eigenvalue weighted by Gasteiger charge is -2.11. The van der Waals surface area contributed by atoms with Gasteiger partial charge in [-0.25, -0.2) is 4.79 Å². The summed E-state index contributed by atoms with van der Waals surface area (Å²) in [5.74, 6) is 2.78. The van der Waals surface area contributed by atoms with Crippen LogP contribution >= 0.6 is 11.8 Å². The van der Waals surface area contributed by atoms with Crippen LogP contribution in [0.5, 0.6) is 11.5 Å². The Morgan fingerprint density at radius 2 is 1.71 bits per heavy atom. The number of thioether (sulfide) groups is 1. The highest BCUT2D eigenvalue weighted by Gasteiger charge is 2.18. The average Bonchev–Trinajstić information content (AvgIpc) is 3.59. The van der Waals surface area contributed by atoms with Crippen molar-refractivity contribution < 1.29 is 13.9 Å². The van der Waals surface area contributed by atoms with Crippen LogP contribution in [-0.4, -0.2) is 31.9 Å². The molecular formula is C26H22N4O4S. The summed E-state index contributed by atoms with van der Waals surface area (Å²) in [6, 6.07) is 23.5. The predicted octanol–water partition coefficient (Wildman–Crippen LogP) is 4.81. The Morgan fingerprint density at radius 3 is 2.63 bits per heavy atom. The summed E-state index contributed by atoms with van der Waals surface area (Å²) in [5, 5.41) is 9.83. The van der Waals surface area contributed by atoms with Crippen molar-refractivity contribution in [1.29, 1.82) is 0 Å². The third-order valence-corrected chi connectivity index (χ3v) is 6.91. The van der Waals surface area contributed by atoms with Gasteiger partial charge >= 0.3 is 5.76 Å². The lowest BCUT2D eigenvalue weighted by Crippen LogP contribution is -2.14. The maximum absolute atomic E-state index is 12.2. The molecule has 3 heterocycles. The molecule has 0 amide bonds. The van der Waals surface area contributed by atoms with Gasteiger partial charge in [0.2, 0.25) is 6.79 Å². The zero-order chi connectivity index (χ0) is 23.6. The van der Waals surface area contributed by atoms with E-state index in [9.17, 15) is 4.79 Å². The van der Waals surface area contributed by atoms with E-state index in [4.69, 9.17) is 13.9 Å². The van der Waals surface area contributed by atoms with Gasteiger partial charge in [-0.05, 0) is 36.2 Å². The number of benzene rings is 3. The van der Waals surface area contributed by atoms with Crippen molar-refractivity contribution >= 4 is 22.9 Å². The Hall–Kier alpha value is -3.98. The number of fused-ring (bicyclic) bond motifs is 2. The van der Waals surface area contributed by atoms with Gasteiger partial charge in [-0.2, -0.15) is 0 Å². The number of oxazole rings is 1. The topological polar surface area (TPSA) is 84.3 Å². The molecule has 0 aliphatic carbocycles. The molecule has 176 valence electrons. The first-order valence-corrected chi connectivity index (χ1v) is 12.3. The minimum atomic E-state index is -0.325. The molecule has 0 saturated carbocycles. The van der Waals surface area contributed by atoms with Gasteiger partial charge < -0.3 is 13.9 Å². The molecule has 2 aromatic heterocycles. The standard InChI is InChI=1S/C26H22N4O4S/c31-26-29(20-9-4-5-10-21(20)34-26)13-6-14-35-25-28-27-24(19-7-2-1-3-8-19)30(25)16-18-11-12-22-23(15-18)33-17-32-22/h1-5,7-12,15H,6,13-14,16-17H2. The number of aryl methyl sites for hydroxylation is 1. The van der Waals surface area contributed by atoms with E-state index in [2.05, 4.69) is 14.8 Å². The van der Waals surface area contributed by atoms with Crippen LogP contribution < -0.4 is 15.2 Å². The van der Waals surface area contributed by atoms with Gasteiger partial charge in [0.25, 0.3) is 0 Å². The summed E-state index contributed by atoms with van der Waals surface area (Å²) < 4.78 is 20.1. The maximum Gasteiger partial charge on any atom is 0.419 e. The van der Waals surface area contributed by atoms with Crippen molar-refractivity contribution in [3.63, 3.8) is 0 Å². The molecule has 0 saturated heterocycles. The highest BCUT2D eigenvalue weighted by atomic mass is 32.2. The summed E-state index contributed by atoms with van der Waals surface area (Å²) >= 11 is 1.63. The van der Waals surface area contributed by atoms with Crippen LogP contribution in [0.15, 0.2) is 87.2 Å². The van der Waals surface area contributed by atoms with E-state index in [1.54, 1.807) is 16.3 Å². The normalized spacial score (nSPS) is 12.5. The van der Waals surface area contributed by atoms with E-state index < -0.39 is 0 Å². The molecule has 0 bridgehead atoms. The average molecular weight is 487 g/mol. The van der Waals surface area contributed by atoms with Gasteiger partial charge in [-0.15, -0.1) is 10.2 Å². The summed E-state index contributed by atoms with van der Waals surface area (Å²) in [7, 11) is 0. The Kier molecular flexibility index (Phi) is 5.75. The molecule has 6 rings (SSSR count). The minimum Gasteiger partial charge on any atom is -0.454 e. The molecule has 5 aromatic rings. The van der Waals surface area contributed by atoms with Gasteiger partial charge in [-0.3, -0.25) is 9.13 Å². The third kappa shape index (κ3) is 4.30. The zero-order valence-corrected chi connectivity index (χ0v) is 19.6. The van der Waals surface area contributed by atoms with Gasteiger partial charge in [0.15, 0.2) is 28.1 Å². The number of hydrogen-bond acceptors (Lipinski definition) is 7. The van der Waals surface area contributed by atoms with Crippen molar-refractivity contribution in [2.45, 2.75) is 24.7 Å². The van der Waals surface area contributed by atoms with Crippen LogP contribution in [0.2, 0.25) is 0 Å². The summed E-state index contributed by atoms with van der Waals surface area (Å²) in [5.41, 5.74) is 3.51. The molecule has 3 aromatic carbocycles. The first-order valence-electron chi connectivity index (χ1n) is 11.3. The van der Waals surface area contributed by atoms with Crippen molar-refractivity contribution in [2.75, 3.05) is 12.5 Å². The lowest BCUT2D eigenvalue weighted by molar-refractivity contribution is 0.174. The molecule has 0 spiro atoms. The smallest absolute Gasteiger partial charge is 0.419 e. The fraction of sp³-hybridized carbons (Fsp3) is 0.192. The number of ether oxygens (including phenoxy) is 2. The molecule has 1 aliphatic rings. The van der Waals surface area contributed by atoms with Crippen LogP contribution in [0.1, 0.15) is 12.0 Å². The number of aromatic nitrogens is 4. The van der Waals surface area contributed by atoms with Gasteiger partial charge in [0.1, 0.15) is 0 Å². The van der Waals surface area contributed by atoms with E-state index in [-0.39, 0.29) is 12.5 Å². The van der Waals surface area contributed by atoms with Gasteiger partial charge in [0, 0.05) is 17.9 Å². The molecule has 0 unspecified atom stereocenters. The SMILES string of the molecule is O=c1oc2ccccc2n1CCCSc1nnc(-c2ccccc2)n1Cc1ccc2c(c1)OCO2. The van der Waals surface area contributed by atoms with E-state index in [1.807, 2.05) is 72.8 Å². The Bertz CT molecular complexity index is 1540.